The van der Waals surface area contributed by atoms with Crippen LogP contribution in [0.1, 0.15) is 23.6 Å². The first-order chi connectivity index (χ1) is 13.4. The fourth-order valence-corrected chi connectivity index (χ4v) is 4.46. The third-order valence-corrected chi connectivity index (χ3v) is 5.74. The molecule has 0 bridgehead atoms. The van der Waals surface area contributed by atoms with E-state index >= 15 is 0 Å². The van der Waals surface area contributed by atoms with E-state index in [-0.39, 0.29) is 0 Å². The maximum atomic E-state index is 2.34. The van der Waals surface area contributed by atoms with Crippen LogP contribution < -0.4 is 0 Å². The van der Waals surface area contributed by atoms with Gasteiger partial charge >= 0.3 is 0 Å². The highest BCUT2D eigenvalue weighted by atomic mass is 14.3. The highest BCUT2D eigenvalue weighted by Gasteiger charge is 2.24. The second kappa shape index (κ2) is 6.55. The van der Waals surface area contributed by atoms with Gasteiger partial charge in [-0.05, 0) is 62.9 Å². The van der Waals surface area contributed by atoms with Gasteiger partial charge in [0, 0.05) is 0 Å². The van der Waals surface area contributed by atoms with Gasteiger partial charge in [-0.15, -0.1) is 0 Å². The maximum Gasteiger partial charge on any atom is -0.000718 e. The number of hydrogen-bond acceptors (Lipinski definition) is 0. The molecular formula is C27H22. The maximum absolute atomic E-state index is 2.34. The summed E-state index contributed by atoms with van der Waals surface area (Å²) in [7, 11) is 0. The lowest BCUT2D eigenvalue weighted by atomic mass is 9.87. The van der Waals surface area contributed by atoms with Gasteiger partial charge in [0.15, 0.2) is 0 Å². The van der Waals surface area contributed by atoms with E-state index in [2.05, 4.69) is 97.9 Å². The van der Waals surface area contributed by atoms with E-state index in [4.69, 9.17) is 0 Å². The topological polar surface area (TPSA) is 0 Å². The van der Waals surface area contributed by atoms with Crippen molar-refractivity contribution < 1.29 is 0 Å². The monoisotopic (exact) mass is 346 g/mol. The molecule has 130 valence electrons. The average molecular weight is 346 g/mol. The van der Waals surface area contributed by atoms with Gasteiger partial charge in [-0.25, -0.2) is 0 Å². The summed E-state index contributed by atoms with van der Waals surface area (Å²) in [5.41, 5.74) is 12.6. The molecule has 0 unspecified atom stereocenters. The van der Waals surface area contributed by atoms with Gasteiger partial charge in [-0.2, -0.15) is 0 Å². The van der Waals surface area contributed by atoms with Crippen LogP contribution in [0.15, 0.2) is 91.0 Å². The van der Waals surface area contributed by atoms with E-state index in [1.807, 2.05) is 0 Å². The minimum absolute atomic E-state index is 1.03. The first kappa shape index (κ1) is 16.1. The number of hydrogen-bond donors (Lipinski definition) is 0. The zero-order chi connectivity index (χ0) is 18.2. The first-order valence-electron chi connectivity index (χ1n) is 9.74. The van der Waals surface area contributed by atoms with Gasteiger partial charge in [0.25, 0.3) is 0 Å². The molecule has 0 saturated heterocycles. The lowest BCUT2D eigenvalue weighted by Crippen LogP contribution is -1.94. The SMILES string of the molecule is CCc1ccc(-c2ccccc2-c2ccccc2)c2c1-c1ccccc1C2. The second-order valence-electron chi connectivity index (χ2n) is 7.22. The fraction of sp³-hybridized carbons (Fsp3) is 0.111. The average Bonchev–Trinajstić information content (AvgIpc) is 3.13. The highest BCUT2D eigenvalue weighted by Crippen LogP contribution is 2.45. The molecule has 0 fully saturated rings. The number of benzene rings is 4. The van der Waals surface area contributed by atoms with Crippen molar-refractivity contribution in [2.45, 2.75) is 19.8 Å². The smallest absolute Gasteiger partial charge is 0.000718 e. The normalized spacial score (nSPS) is 11.9. The molecule has 0 heterocycles. The summed E-state index contributed by atoms with van der Waals surface area (Å²) >= 11 is 0. The van der Waals surface area contributed by atoms with Crippen LogP contribution in [-0.2, 0) is 12.8 Å². The lowest BCUT2D eigenvalue weighted by Gasteiger charge is -2.16. The second-order valence-corrected chi connectivity index (χ2v) is 7.22. The van der Waals surface area contributed by atoms with Gasteiger partial charge in [0.1, 0.15) is 0 Å². The standard InChI is InChI=1S/C27H22/c1-2-19-16-17-25(26-18-21-12-6-7-14-23(21)27(19)26)24-15-9-8-13-22(24)20-10-4-3-5-11-20/h3-17H,2,18H2,1H3. The Labute approximate surface area is 161 Å². The minimum atomic E-state index is 1.03. The van der Waals surface area contributed by atoms with E-state index in [1.165, 1.54) is 50.1 Å². The molecule has 27 heavy (non-hydrogen) atoms. The molecule has 4 aromatic rings. The van der Waals surface area contributed by atoms with Crippen LogP contribution in [0.3, 0.4) is 0 Å². The van der Waals surface area contributed by atoms with Gasteiger partial charge in [0.05, 0.1) is 0 Å². The summed E-state index contributed by atoms with van der Waals surface area (Å²) in [5, 5.41) is 0. The Bertz CT molecular complexity index is 1120. The van der Waals surface area contributed by atoms with Crippen LogP contribution in [0.5, 0.6) is 0 Å². The van der Waals surface area contributed by atoms with E-state index in [1.54, 1.807) is 0 Å². The molecule has 0 nitrogen and oxygen atoms in total. The Kier molecular flexibility index (Phi) is 3.90. The number of rotatable bonds is 3. The number of aryl methyl sites for hydroxylation is 1. The predicted octanol–water partition coefficient (Wildman–Crippen LogP) is 7.15. The zero-order valence-corrected chi connectivity index (χ0v) is 15.6. The summed E-state index contributed by atoms with van der Waals surface area (Å²) in [5.74, 6) is 0. The Balaban J connectivity index is 1.76. The molecule has 1 aliphatic rings. The predicted molar refractivity (Wildman–Crippen MR) is 115 cm³/mol. The molecule has 0 spiro atoms. The van der Waals surface area contributed by atoms with E-state index in [0.29, 0.717) is 0 Å². The third kappa shape index (κ3) is 2.61. The molecule has 0 radical (unpaired) electrons. The molecule has 0 saturated carbocycles. The largest absolute Gasteiger partial charge is 0.0622 e. The Hall–Kier alpha value is -3.12. The van der Waals surface area contributed by atoms with Crippen molar-refractivity contribution in [3.8, 4) is 33.4 Å². The van der Waals surface area contributed by atoms with E-state index < -0.39 is 0 Å². The van der Waals surface area contributed by atoms with Gasteiger partial charge in [-0.3, -0.25) is 0 Å². The Morgan fingerprint density at radius 1 is 0.593 bits per heavy atom. The molecule has 0 aliphatic heterocycles. The number of fused-ring (bicyclic) bond motifs is 3. The van der Waals surface area contributed by atoms with Crippen LogP contribution in [0.2, 0.25) is 0 Å². The zero-order valence-electron chi connectivity index (χ0n) is 15.6. The minimum Gasteiger partial charge on any atom is -0.0622 e. The van der Waals surface area contributed by atoms with Crippen molar-refractivity contribution in [2.24, 2.45) is 0 Å². The quantitative estimate of drug-likeness (QED) is 0.325. The summed E-state index contributed by atoms with van der Waals surface area (Å²) in [6.07, 6.45) is 2.09. The molecule has 0 N–H and O–H groups in total. The molecule has 0 amide bonds. The molecule has 4 aromatic carbocycles. The van der Waals surface area contributed by atoms with Crippen molar-refractivity contribution in [1.29, 1.82) is 0 Å². The molecule has 0 aromatic heterocycles. The Morgan fingerprint density at radius 2 is 1.26 bits per heavy atom. The van der Waals surface area contributed by atoms with Crippen LogP contribution in [0.4, 0.5) is 0 Å². The lowest BCUT2D eigenvalue weighted by molar-refractivity contribution is 1.14. The summed E-state index contributed by atoms with van der Waals surface area (Å²) in [4.78, 5) is 0. The van der Waals surface area contributed by atoms with Crippen molar-refractivity contribution in [3.05, 3.63) is 108 Å². The Morgan fingerprint density at radius 3 is 2.04 bits per heavy atom. The van der Waals surface area contributed by atoms with E-state index in [9.17, 15) is 0 Å². The summed E-state index contributed by atoms with van der Waals surface area (Å²) in [6.45, 7) is 2.26. The van der Waals surface area contributed by atoms with Gasteiger partial charge in [-0.1, -0.05) is 97.9 Å². The third-order valence-electron chi connectivity index (χ3n) is 5.74. The van der Waals surface area contributed by atoms with Crippen LogP contribution in [0, 0.1) is 0 Å². The van der Waals surface area contributed by atoms with Crippen LogP contribution >= 0.6 is 0 Å². The van der Waals surface area contributed by atoms with Crippen molar-refractivity contribution in [1.82, 2.24) is 0 Å². The highest BCUT2D eigenvalue weighted by molar-refractivity contribution is 5.91. The fourth-order valence-electron chi connectivity index (χ4n) is 4.46. The van der Waals surface area contributed by atoms with Crippen molar-refractivity contribution >= 4 is 0 Å². The molecule has 0 heteroatoms. The molecule has 5 rings (SSSR count). The molecule has 0 atom stereocenters. The molecule has 1 aliphatic carbocycles. The van der Waals surface area contributed by atoms with E-state index in [0.717, 1.165) is 12.8 Å². The van der Waals surface area contributed by atoms with Gasteiger partial charge < -0.3 is 0 Å². The van der Waals surface area contributed by atoms with Crippen LogP contribution in [-0.4, -0.2) is 0 Å². The van der Waals surface area contributed by atoms with Crippen LogP contribution in [0.25, 0.3) is 33.4 Å². The first-order valence-corrected chi connectivity index (χ1v) is 9.74. The summed E-state index contributed by atoms with van der Waals surface area (Å²) < 4.78 is 0. The van der Waals surface area contributed by atoms with Gasteiger partial charge in [0.2, 0.25) is 0 Å². The van der Waals surface area contributed by atoms with Crippen molar-refractivity contribution in [2.75, 3.05) is 0 Å². The molecular weight excluding hydrogens is 324 g/mol. The summed E-state index contributed by atoms with van der Waals surface area (Å²) in [6, 6.07) is 33.1. The van der Waals surface area contributed by atoms with Crippen molar-refractivity contribution in [3.63, 3.8) is 0 Å².